The van der Waals surface area contributed by atoms with Crippen LogP contribution in [0.4, 0.5) is 11.4 Å². The van der Waals surface area contributed by atoms with E-state index in [1.807, 2.05) is 30.3 Å². The number of nitrogens with one attached hydrogen (secondary N) is 2. The van der Waals surface area contributed by atoms with Crippen LogP contribution in [-0.2, 0) is 16.0 Å². The monoisotopic (exact) mass is 431 g/mol. The van der Waals surface area contributed by atoms with Gasteiger partial charge in [-0.2, -0.15) is 0 Å². The first-order valence-electron chi connectivity index (χ1n) is 10.1. The van der Waals surface area contributed by atoms with Gasteiger partial charge in [-0.25, -0.2) is 4.79 Å². The van der Waals surface area contributed by atoms with Crippen molar-refractivity contribution in [3.8, 4) is 0 Å². The maximum absolute atomic E-state index is 13.0. The molecule has 0 fully saturated rings. The number of hydrogen-bond acceptors (Lipinski definition) is 5. The van der Waals surface area contributed by atoms with Gasteiger partial charge in [-0.1, -0.05) is 30.3 Å². The lowest BCUT2D eigenvalue weighted by Crippen LogP contribution is -2.45. The van der Waals surface area contributed by atoms with E-state index < -0.39 is 17.9 Å². The van der Waals surface area contributed by atoms with E-state index in [0.717, 1.165) is 5.56 Å². The summed E-state index contributed by atoms with van der Waals surface area (Å²) in [5, 5.41) is 5.63. The van der Waals surface area contributed by atoms with Crippen molar-refractivity contribution in [3.05, 3.63) is 95.1 Å². The van der Waals surface area contributed by atoms with Crippen molar-refractivity contribution >= 4 is 29.2 Å². The van der Waals surface area contributed by atoms with E-state index in [1.54, 1.807) is 37.3 Å². The van der Waals surface area contributed by atoms with Crippen LogP contribution in [0.15, 0.2) is 72.8 Å². The minimum Gasteiger partial charge on any atom is -0.465 e. The molecule has 0 spiro atoms. The zero-order chi connectivity index (χ0) is 23.1. The van der Waals surface area contributed by atoms with Gasteiger partial charge in [0.2, 0.25) is 5.91 Å². The smallest absolute Gasteiger partial charge is 0.338 e. The van der Waals surface area contributed by atoms with Gasteiger partial charge >= 0.3 is 5.97 Å². The zero-order valence-electron chi connectivity index (χ0n) is 17.9. The number of carbonyl (C=O) groups excluding carboxylic acids is 3. The molecular formula is C25H25N3O4. The molecule has 0 aromatic heterocycles. The molecule has 7 nitrogen and oxygen atoms in total. The predicted molar refractivity (Wildman–Crippen MR) is 123 cm³/mol. The van der Waals surface area contributed by atoms with Crippen molar-refractivity contribution in [1.82, 2.24) is 5.32 Å². The molecule has 0 bridgehead atoms. The summed E-state index contributed by atoms with van der Waals surface area (Å²) in [4.78, 5) is 37.7. The Hall–Kier alpha value is -4.13. The van der Waals surface area contributed by atoms with Crippen molar-refractivity contribution in [3.63, 3.8) is 0 Å². The Morgan fingerprint density at radius 3 is 2.28 bits per heavy atom. The van der Waals surface area contributed by atoms with Crippen molar-refractivity contribution < 1.29 is 19.1 Å². The third-order valence-corrected chi connectivity index (χ3v) is 4.98. The van der Waals surface area contributed by atoms with E-state index in [1.165, 1.54) is 19.2 Å². The van der Waals surface area contributed by atoms with Gasteiger partial charge in [-0.3, -0.25) is 9.59 Å². The van der Waals surface area contributed by atoms with Crippen LogP contribution in [0, 0.1) is 6.92 Å². The molecule has 0 radical (unpaired) electrons. The van der Waals surface area contributed by atoms with Gasteiger partial charge < -0.3 is 21.1 Å². The quantitative estimate of drug-likeness (QED) is 0.393. The zero-order valence-corrected chi connectivity index (χ0v) is 17.9. The number of amides is 2. The number of nitrogen functional groups attached to an aromatic ring is 1. The fourth-order valence-corrected chi connectivity index (χ4v) is 3.24. The third kappa shape index (κ3) is 5.72. The fourth-order valence-electron chi connectivity index (χ4n) is 3.24. The van der Waals surface area contributed by atoms with E-state index in [9.17, 15) is 14.4 Å². The predicted octanol–water partition coefficient (Wildman–Crippen LogP) is 3.34. The van der Waals surface area contributed by atoms with Crippen LogP contribution >= 0.6 is 0 Å². The lowest BCUT2D eigenvalue weighted by Gasteiger charge is -2.19. The molecule has 7 heteroatoms. The molecule has 32 heavy (non-hydrogen) atoms. The first-order valence-corrected chi connectivity index (χ1v) is 10.1. The van der Waals surface area contributed by atoms with Gasteiger partial charge in [0.15, 0.2) is 0 Å². The standard InChI is InChI=1S/C25H25N3O4/c1-16-14-18(8-13-21(16)25(31)32-2)23(29)28-22(15-17-6-4-3-5-7-17)24(30)27-20-11-9-19(26)10-12-20/h3-14,22H,15,26H2,1-2H3,(H,27,30)(H,28,29)/t22-/m1/s1. The number of esters is 1. The molecule has 0 saturated heterocycles. The Balaban J connectivity index is 1.80. The molecule has 3 aromatic rings. The fraction of sp³-hybridized carbons (Fsp3) is 0.160. The Morgan fingerprint density at radius 1 is 0.969 bits per heavy atom. The lowest BCUT2D eigenvalue weighted by molar-refractivity contribution is -0.118. The minimum absolute atomic E-state index is 0.312. The van der Waals surface area contributed by atoms with Gasteiger partial charge in [-0.15, -0.1) is 0 Å². The average Bonchev–Trinajstić information content (AvgIpc) is 2.80. The number of carbonyl (C=O) groups is 3. The van der Waals surface area contributed by atoms with Crippen molar-refractivity contribution in [2.75, 3.05) is 18.2 Å². The summed E-state index contributed by atoms with van der Waals surface area (Å²) in [6.07, 6.45) is 0.312. The third-order valence-electron chi connectivity index (χ3n) is 4.98. The van der Waals surface area contributed by atoms with E-state index in [0.29, 0.717) is 34.5 Å². The van der Waals surface area contributed by atoms with E-state index >= 15 is 0 Å². The van der Waals surface area contributed by atoms with Crippen LogP contribution in [0.3, 0.4) is 0 Å². The Bertz CT molecular complexity index is 1110. The molecule has 4 N–H and O–H groups in total. The Labute approximate surface area is 186 Å². The largest absolute Gasteiger partial charge is 0.465 e. The maximum Gasteiger partial charge on any atom is 0.338 e. The summed E-state index contributed by atoms with van der Waals surface area (Å²) in [7, 11) is 1.30. The normalized spacial score (nSPS) is 11.3. The second-order valence-corrected chi connectivity index (χ2v) is 7.35. The number of hydrogen-bond donors (Lipinski definition) is 3. The number of nitrogens with two attached hydrogens (primary N) is 1. The highest BCUT2D eigenvalue weighted by molar-refractivity contribution is 6.02. The summed E-state index contributed by atoms with van der Waals surface area (Å²) in [5.74, 6) is -1.24. The summed E-state index contributed by atoms with van der Waals surface area (Å²) in [5.41, 5.74) is 9.10. The second kappa shape index (κ2) is 10.3. The number of methoxy groups -OCH3 is 1. The summed E-state index contributed by atoms with van der Waals surface area (Å²) >= 11 is 0. The molecule has 0 aliphatic carbocycles. The van der Waals surface area contributed by atoms with Crippen LogP contribution in [0.1, 0.15) is 31.8 Å². The number of benzene rings is 3. The summed E-state index contributed by atoms with van der Waals surface area (Å²) in [6.45, 7) is 1.72. The van der Waals surface area contributed by atoms with Gasteiger partial charge in [-0.05, 0) is 60.5 Å². The molecule has 0 heterocycles. The minimum atomic E-state index is -0.817. The molecule has 0 aliphatic rings. The Morgan fingerprint density at radius 2 is 1.66 bits per heavy atom. The number of aryl methyl sites for hydroxylation is 1. The number of ether oxygens (including phenoxy) is 1. The van der Waals surface area contributed by atoms with Crippen LogP contribution in [0.2, 0.25) is 0 Å². The number of anilines is 2. The van der Waals surface area contributed by atoms with Crippen LogP contribution < -0.4 is 16.4 Å². The van der Waals surface area contributed by atoms with E-state index in [-0.39, 0.29) is 5.91 Å². The summed E-state index contributed by atoms with van der Waals surface area (Å²) in [6, 6.07) is 20.0. The van der Waals surface area contributed by atoms with Gasteiger partial charge in [0.1, 0.15) is 6.04 Å². The SMILES string of the molecule is COC(=O)c1ccc(C(=O)N[C@H](Cc2ccccc2)C(=O)Nc2ccc(N)cc2)cc1C. The van der Waals surface area contributed by atoms with Crippen LogP contribution in [0.5, 0.6) is 0 Å². The van der Waals surface area contributed by atoms with Crippen molar-refractivity contribution in [2.24, 2.45) is 0 Å². The van der Waals surface area contributed by atoms with E-state index in [2.05, 4.69) is 10.6 Å². The summed E-state index contributed by atoms with van der Waals surface area (Å²) < 4.78 is 4.74. The molecular weight excluding hydrogens is 406 g/mol. The first kappa shape index (κ1) is 22.6. The molecule has 3 aromatic carbocycles. The van der Waals surface area contributed by atoms with Gasteiger partial charge in [0.05, 0.1) is 12.7 Å². The topological polar surface area (TPSA) is 111 Å². The molecule has 0 aliphatic heterocycles. The van der Waals surface area contributed by atoms with Gasteiger partial charge in [0.25, 0.3) is 5.91 Å². The first-order chi connectivity index (χ1) is 15.4. The van der Waals surface area contributed by atoms with Crippen LogP contribution in [-0.4, -0.2) is 30.9 Å². The van der Waals surface area contributed by atoms with Crippen LogP contribution in [0.25, 0.3) is 0 Å². The maximum atomic E-state index is 13.0. The highest BCUT2D eigenvalue weighted by Gasteiger charge is 2.23. The van der Waals surface area contributed by atoms with Crippen molar-refractivity contribution in [2.45, 2.75) is 19.4 Å². The molecule has 1 atom stereocenters. The molecule has 164 valence electrons. The molecule has 0 unspecified atom stereocenters. The van der Waals surface area contributed by atoms with Crippen molar-refractivity contribution in [1.29, 1.82) is 0 Å². The average molecular weight is 431 g/mol. The molecule has 0 saturated carbocycles. The van der Waals surface area contributed by atoms with E-state index in [4.69, 9.17) is 10.5 Å². The second-order valence-electron chi connectivity index (χ2n) is 7.35. The number of rotatable bonds is 7. The Kier molecular flexibility index (Phi) is 7.23. The van der Waals surface area contributed by atoms with Gasteiger partial charge in [0, 0.05) is 23.4 Å². The molecule has 3 rings (SSSR count). The lowest BCUT2D eigenvalue weighted by atomic mass is 10.0. The highest BCUT2D eigenvalue weighted by atomic mass is 16.5. The highest BCUT2D eigenvalue weighted by Crippen LogP contribution is 2.15. The molecule has 2 amide bonds.